The van der Waals surface area contributed by atoms with Crippen molar-refractivity contribution in [2.45, 2.75) is 73.8 Å². The van der Waals surface area contributed by atoms with E-state index in [2.05, 4.69) is 46.2 Å². The summed E-state index contributed by atoms with van der Waals surface area (Å²) in [5.41, 5.74) is 1.55. The van der Waals surface area contributed by atoms with E-state index in [1.165, 1.54) is 5.57 Å². The lowest BCUT2D eigenvalue weighted by Crippen LogP contribution is -2.24. The fourth-order valence-electron chi connectivity index (χ4n) is 1.79. The first kappa shape index (κ1) is 17.8. The Morgan fingerprint density at radius 2 is 1.56 bits per heavy atom. The molecule has 0 bridgehead atoms. The maximum absolute atomic E-state index is 4.60. The summed E-state index contributed by atoms with van der Waals surface area (Å²) in [6.45, 7) is 21.0. The molecule has 0 rings (SSSR count). The third kappa shape index (κ3) is 13.4. The van der Waals surface area contributed by atoms with Gasteiger partial charge < -0.3 is 0 Å². The van der Waals surface area contributed by atoms with Crippen molar-refractivity contribution in [3.63, 3.8) is 0 Å². The predicted octanol–water partition coefficient (Wildman–Crippen LogP) is 5.26. The van der Waals surface area contributed by atoms with Gasteiger partial charge in [0.1, 0.15) is 0 Å². The number of aliphatic imine (C=N–C) groups is 1. The molecule has 0 aliphatic heterocycles. The van der Waals surface area contributed by atoms with Crippen LogP contribution in [0.5, 0.6) is 0 Å². The molecule has 0 fully saturated rings. The Morgan fingerprint density at radius 3 is 1.88 bits per heavy atom. The highest BCUT2D eigenvalue weighted by Gasteiger charge is 2.23. The van der Waals surface area contributed by atoms with Gasteiger partial charge in [-0.3, -0.25) is 4.99 Å². The molecule has 0 saturated carbocycles. The number of rotatable bonds is 4. The highest BCUT2D eigenvalue weighted by atomic mass is 14.8. The van der Waals surface area contributed by atoms with Crippen LogP contribution >= 0.6 is 0 Å². The Labute approximate surface area is 103 Å². The van der Waals surface area contributed by atoms with Crippen LogP contribution in [-0.2, 0) is 0 Å². The van der Waals surface area contributed by atoms with Crippen molar-refractivity contribution in [3.05, 3.63) is 12.2 Å². The topological polar surface area (TPSA) is 12.4 Å². The van der Waals surface area contributed by atoms with Crippen LogP contribution in [0.4, 0.5) is 0 Å². The van der Waals surface area contributed by atoms with Crippen molar-refractivity contribution in [2.24, 2.45) is 10.4 Å². The lowest BCUT2D eigenvalue weighted by Gasteiger charge is -2.29. The minimum Gasteiger partial charge on any atom is -0.291 e. The molecule has 1 heteroatoms. The van der Waals surface area contributed by atoms with Crippen LogP contribution in [-0.4, -0.2) is 11.8 Å². The molecule has 0 amide bonds. The average Bonchev–Trinajstić information content (AvgIpc) is 2.01. The molecule has 0 atom stereocenters. The molecule has 0 heterocycles. The average molecular weight is 225 g/mol. The van der Waals surface area contributed by atoms with Gasteiger partial charge in [0.2, 0.25) is 0 Å². The Balaban J connectivity index is 0. The molecule has 0 unspecified atom stereocenters. The molecule has 0 aromatic carbocycles. The van der Waals surface area contributed by atoms with E-state index in [1.807, 2.05) is 27.0 Å². The summed E-state index contributed by atoms with van der Waals surface area (Å²) < 4.78 is 0. The molecule has 0 aliphatic rings. The van der Waals surface area contributed by atoms with Crippen LogP contribution in [0.3, 0.4) is 0 Å². The number of hydrogen-bond acceptors (Lipinski definition) is 1. The summed E-state index contributed by atoms with van der Waals surface area (Å²) >= 11 is 0. The normalized spacial score (nSPS) is 12.2. The van der Waals surface area contributed by atoms with Gasteiger partial charge in [0, 0.05) is 12.6 Å². The van der Waals surface area contributed by atoms with E-state index in [0.29, 0.717) is 5.41 Å². The molecule has 0 aliphatic carbocycles. The Bertz CT molecular complexity index is 216. The van der Waals surface area contributed by atoms with Crippen LogP contribution in [0.1, 0.15) is 68.2 Å². The summed E-state index contributed by atoms with van der Waals surface area (Å²) in [6.07, 6.45) is 3.99. The Morgan fingerprint density at radius 1 is 1.12 bits per heavy atom. The summed E-state index contributed by atoms with van der Waals surface area (Å²) in [6, 6.07) is 0. The maximum atomic E-state index is 4.60. The van der Waals surface area contributed by atoms with E-state index in [9.17, 15) is 0 Å². The van der Waals surface area contributed by atoms with Crippen molar-refractivity contribution < 1.29 is 0 Å². The van der Waals surface area contributed by atoms with E-state index in [1.54, 1.807) is 0 Å². The maximum Gasteiger partial charge on any atom is 0.0553 e. The zero-order valence-electron chi connectivity index (χ0n) is 12.6. The van der Waals surface area contributed by atoms with Gasteiger partial charge in [-0.25, -0.2) is 0 Å². The van der Waals surface area contributed by atoms with Crippen molar-refractivity contribution >= 4 is 6.21 Å². The quantitative estimate of drug-likeness (QED) is 0.457. The first-order valence-electron chi connectivity index (χ1n) is 6.30. The fraction of sp³-hybridized carbons (Fsp3) is 0.800. The smallest absolute Gasteiger partial charge is 0.0553 e. The largest absolute Gasteiger partial charge is 0.291 e. The van der Waals surface area contributed by atoms with Crippen LogP contribution in [0.15, 0.2) is 17.1 Å². The van der Waals surface area contributed by atoms with E-state index in [0.717, 1.165) is 12.8 Å². The third-order valence-electron chi connectivity index (χ3n) is 1.84. The molecule has 0 radical (unpaired) electrons. The minimum atomic E-state index is 0.0493. The predicted molar refractivity (Wildman–Crippen MR) is 77.4 cm³/mol. The van der Waals surface area contributed by atoms with Crippen LogP contribution < -0.4 is 0 Å². The fourth-order valence-corrected chi connectivity index (χ4v) is 1.79. The van der Waals surface area contributed by atoms with Gasteiger partial charge >= 0.3 is 0 Å². The van der Waals surface area contributed by atoms with Crippen LogP contribution in [0.2, 0.25) is 0 Å². The van der Waals surface area contributed by atoms with Crippen LogP contribution in [0, 0.1) is 5.41 Å². The number of hydrogen-bond donors (Lipinski definition) is 0. The van der Waals surface area contributed by atoms with Gasteiger partial charge in [-0.1, -0.05) is 46.8 Å². The van der Waals surface area contributed by atoms with E-state index < -0.39 is 0 Å². The molecule has 96 valence electrons. The Kier molecular flexibility index (Phi) is 8.50. The van der Waals surface area contributed by atoms with Gasteiger partial charge in [0.05, 0.1) is 5.54 Å². The second-order valence-electron chi connectivity index (χ2n) is 6.02. The number of allylic oxidation sites excluding steroid dienone is 1. The second-order valence-corrected chi connectivity index (χ2v) is 6.02. The third-order valence-corrected chi connectivity index (χ3v) is 1.84. The first-order chi connectivity index (χ1) is 7.12. The molecule has 16 heavy (non-hydrogen) atoms. The SMILES string of the molecule is C=C(C)CC=NC(C)(C)CC(C)(C)C.CC. The van der Waals surface area contributed by atoms with Crippen molar-refractivity contribution in [3.8, 4) is 0 Å². The molecule has 1 nitrogen and oxygen atoms in total. The van der Waals surface area contributed by atoms with E-state index in [-0.39, 0.29) is 5.54 Å². The zero-order valence-corrected chi connectivity index (χ0v) is 12.6. The van der Waals surface area contributed by atoms with Gasteiger partial charge in [0.15, 0.2) is 0 Å². The number of nitrogens with zero attached hydrogens (tertiary/aromatic N) is 1. The highest BCUT2D eigenvalue weighted by molar-refractivity contribution is 5.61. The lowest BCUT2D eigenvalue weighted by molar-refractivity contribution is 0.289. The molecule has 0 spiro atoms. The monoisotopic (exact) mass is 225 g/mol. The summed E-state index contributed by atoms with van der Waals surface area (Å²) in [5, 5.41) is 0. The van der Waals surface area contributed by atoms with Crippen molar-refractivity contribution in [2.75, 3.05) is 0 Å². The molecular weight excluding hydrogens is 194 g/mol. The molecule has 0 aromatic rings. The second kappa shape index (κ2) is 7.65. The van der Waals surface area contributed by atoms with E-state index in [4.69, 9.17) is 0 Å². The van der Waals surface area contributed by atoms with Gasteiger partial charge in [0.25, 0.3) is 0 Å². The highest BCUT2D eigenvalue weighted by Crippen LogP contribution is 2.29. The zero-order chi connectivity index (χ0) is 13.4. The molecule has 0 aromatic heterocycles. The Hall–Kier alpha value is -0.590. The van der Waals surface area contributed by atoms with Crippen molar-refractivity contribution in [1.29, 1.82) is 0 Å². The van der Waals surface area contributed by atoms with Crippen LogP contribution in [0.25, 0.3) is 0 Å². The first-order valence-corrected chi connectivity index (χ1v) is 6.30. The summed E-state index contributed by atoms with van der Waals surface area (Å²) in [5.74, 6) is 0. The molecule has 0 N–H and O–H groups in total. The van der Waals surface area contributed by atoms with Gasteiger partial charge in [-0.2, -0.15) is 0 Å². The van der Waals surface area contributed by atoms with Crippen molar-refractivity contribution in [1.82, 2.24) is 0 Å². The lowest BCUT2D eigenvalue weighted by atomic mass is 9.82. The van der Waals surface area contributed by atoms with Gasteiger partial charge in [-0.15, -0.1) is 0 Å². The standard InChI is InChI=1S/C13H25N.C2H6/c1-11(2)8-9-14-13(6,7)10-12(3,4)5;1-2/h9H,1,8,10H2,2-7H3;1-2H3. The minimum absolute atomic E-state index is 0.0493. The summed E-state index contributed by atoms with van der Waals surface area (Å²) in [4.78, 5) is 4.60. The molecule has 0 saturated heterocycles. The summed E-state index contributed by atoms with van der Waals surface area (Å²) in [7, 11) is 0. The van der Waals surface area contributed by atoms with Gasteiger partial charge in [-0.05, 0) is 32.6 Å². The van der Waals surface area contributed by atoms with E-state index >= 15 is 0 Å². The molecular formula is C15H31N.